The van der Waals surface area contributed by atoms with Crippen LogP contribution in [0.2, 0.25) is 5.02 Å². The van der Waals surface area contributed by atoms with Gasteiger partial charge >= 0.3 is 12.0 Å². The number of rotatable bonds is 7. The Morgan fingerprint density at radius 3 is 2.67 bits per heavy atom. The van der Waals surface area contributed by atoms with Gasteiger partial charge in [0.15, 0.2) is 12.4 Å². The number of carbonyl (C=O) groups is 4. The van der Waals surface area contributed by atoms with E-state index in [0.29, 0.717) is 15.7 Å². The monoisotopic (exact) mass is 535 g/mol. The summed E-state index contributed by atoms with van der Waals surface area (Å²) in [7, 11) is 1.24. The molecule has 1 saturated heterocycles. The molecule has 1 aliphatic heterocycles. The van der Waals surface area contributed by atoms with Crippen LogP contribution in [0, 0.1) is 6.92 Å². The van der Waals surface area contributed by atoms with Gasteiger partial charge in [-0.25, -0.2) is 14.5 Å². The third-order valence-corrected chi connectivity index (χ3v) is 5.33. The number of carbonyl (C=O) groups excluding carboxylic acids is 4. The van der Waals surface area contributed by atoms with Crippen molar-refractivity contribution in [1.29, 1.82) is 0 Å². The molecular weight excluding hydrogens is 518 g/mol. The fourth-order valence-corrected chi connectivity index (χ4v) is 3.93. The van der Waals surface area contributed by atoms with E-state index >= 15 is 0 Å². The van der Waals surface area contributed by atoms with Gasteiger partial charge in [-0.1, -0.05) is 23.7 Å². The van der Waals surface area contributed by atoms with E-state index in [9.17, 15) is 19.2 Å². The van der Waals surface area contributed by atoms with Crippen LogP contribution in [0.25, 0.3) is 6.08 Å². The molecule has 0 aromatic heterocycles. The molecule has 4 amide bonds. The molecule has 9 nitrogen and oxygen atoms in total. The molecule has 2 aromatic rings. The molecule has 0 aliphatic carbocycles. The second kappa shape index (κ2) is 10.5. The van der Waals surface area contributed by atoms with E-state index in [4.69, 9.17) is 16.3 Å². The number of methoxy groups -OCH3 is 1. The molecule has 3 rings (SSSR count). The lowest BCUT2D eigenvalue weighted by molar-refractivity contribution is -0.142. The number of nitrogens with one attached hydrogen (secondary N) is 2. The summed E-state index contributed by atoms with van der Waals surface area (Å²) in [5.74, 6) is -1.52. The molecule has 1 aliphatic rings. The number of amides is 4. The number of halogens is 2. The fourth-order valence-electron chi connectivity index (χ4n) is 2.94. The molecule has 0 unspecified atom stereocenters. The van der Waals surface area contributed by atoms with E-state index < -0.39 is 30.4 Å². The molecule has 33 heavy (non-hydrogen) atoms. The highest BCUT2D eigenvalue weighted by Crippen LogP contribution is 2.35. The maximum atomic E-state index is 12.7. The minimum absolute atomic E-state index is 0.0189. The van der Waals surface area contributed by atoms with Gasteiger partial charge in [-0.05, 0) is 64.3 Å². The van der Waals surface area contributed by atoms with Gasteiger partial charge in [0.2, 0.25) is 5.91 Å². The van der Waals surface area contributed by atoms with E-state index in [2.05, 4.69) is 31.3 Å². The first-order valence-corrected chi connectivity index (χ1v) is 10.7. The Morgan fingerprint density at radius 1 is 1.24 bits per heavy atom. The topological polar surface area (TPSA) is 114 Å². The van der Waals surface area contributed by atoms with E-state index in [1.165, 1.54) is 19.3 Å². The summed E-state index contributed by atoms with van der Waals surface area (Å²) < 4.78 is 10.3. The quantitative estimate of drug-likeness (QED) is 0.318. The largest absolute Gasteiger partial charge is 0.479 e. The van der Waals surface area contributed by atoms with Gasteiger partial charge in [-0.3, -0.25) is 9.59 Å². The molecule has 1 heterocycles. The number of imide groups is 1. The Kier molecular flexibility index (Phi) is 7.72. The predicted molar refractivity (Wildman–Crippen MR) is 125 cm³/mol. The second-order valence-corrected chi connectivity index (χ2v) is 8.24. The van der Waals surface area contributed by atoms with Gasteiger partial charge in [0.05, 0.1) is 16.6 Å². The van der Waals surface area contributed by atoms with E-state index in [-0.39, 0.29) is 23.1 Å². The normalized spacial score (nSPS) is 14.3. The molecule has 0 atom stereocenters. The summed E-state index contributed by atoms with van der Waals surface area (Å²) in [6.45, 7) is 1.11. The summed E-state index contributed by atoms with van der Waals surface area (Å²) in [5, 5.41) is 5.28. The maximum Gasteiger partial charge on any atom is 0.343 e. The standard InChI is InChI=1S/C22H19BrClN3O6/c1-12-4-3-5-14(6-12)25-18(28)10-27-21(30)17(26-22(27)31)9-13-7-15(23)20(16(24)8-13)33-11-19(29)32-2/h3-9H,10-11H2,1-2H3,(H,25,28)(H,26,31)/b17-9+. The average Bonchev–Trinajstić information content (AvgIpc) is 3.00. The highest BCUT2D eigenvalue weighted by atomic mass is 79.9. The van der Waals surface area contributed by atoms with Gasteiger partial charge in [-0.2, -0.15) is 0 Å². The molecule has 11 heteroatoms. The van der Waals surface area contributed by atoms with Crippen LogP contribution < -0.4 is 15.4 Å². The van der Waals surface area contributed by atoms with Crippen molar-refractivity contribution >= 4 is 63.1 Å². The molecule has 0 bridgehead atoms. The summed E-state index contributed by atoms with van der Waals surface area (Å²) in [5.41, 5.74) is 1.98. The van der Waals surface area contributed by atoms with Crippen LogP contribution in [0.15, 0.2) is 46.6 Å². The lowest BCUT2D eigenvalue weighted by atomic mass is 10.2. The number of hydrogen-bond acceptors (Lipinski definition) is 6. The zero-order valence-corrected chi connectivity index (χ0v) is 20.0. The first kappa shape index (κ1) is 24.3. The fraction of sp³-hybridized carbons (Fsp3) is 0.182. The Bertz CT molecular complexity index is 1140. The van der Waals surface area contributed by atoms with Crippen molar-refractivity contribution in [3.8, 4) is 5.75 Å². The third kappa shape index (κ3) is 6.11. The van der Waals surface area contributed by atoms with Crippen LogP contribution in [-0.4, -0.2) is 49.0 Å². The predicted octanol–water partition coefficient (Wildman–Crippen LogP) is 3.49. The number of hydrogen-bond donors (Lipinski definition) is 2. The van der Waals surface area contributed by atoms with Crippen molar-refractivity contribution in [2.75, 3.05) is 25.6 Å². The van der Waals surface area contributed by atoms with Crippen molar-refractivity contribution in [3.63, 3.8) is 0 Å². The van der Waals surface area contributed by atoms with Crippen LogP contribution in [0.5, 0.6) is 5.75 Å². The number of aryl methyl sites for hydroxylation is 1. The molecule has 0 radical (unpaired) electrons. The average molecular weight is 537 g/mol. The van der Waals surface area contributed by atoms with Crippen molar-refractivity contribution in [2.24, 2.45) is 0 Å². The van der Waals surface area contributed by atoms with Crippen molar-refractivity contribution < 1.29 is 28.7 Å². The third-order valence-electron chi connectivity index (χ3n) is 4.46. The van der Waals surface area contributed by atoms with Gasteiger partial charge in [0.1, 0.15) is 12.2 Å². The summed E-state index contributed by atoms with van der Waals surface area (Å²) in [4.78, 5) is 49.3. The van der Waals surface area contributed by atoms with Crippen LogP contribution >= 0.6 is 27.5 Å². The smallest absolute Gasteiger partial charge is 0.343 e. The summed E-state index contributed by atoms with van der Waals surface area (Å²) in [6.07, 6.45) is 1.42. The van der Waals surface area contributed by atoms with Crippen molar-refractivity contribution in [1.82, 2.24) is 10.2 Å². The van der Waals surface area contributed by atoms with Crippen LogP contribution in [-0.2, 0) is 19.1 Å². The first-order valence-electron chi connectivity index (χ1n) is 9.57. The first-order chi connectivity index (χ1) is 15.7. The molecule has 0 spiro atoms. The van der Waals surface area contributed by atoms with Gasteiger partial charge in [0.25, 0.3) is 5.91 Å². The number of esters is 1. The Labute approximate surface area is 202 Å². The Balaban J connectivity index is 1.71. The zero-order chi connectivity index (χ0) is 24.1. The zero-order valence-electron chi connectivity index (χ0n) is 17.6. The van der Waals surface area contributed by atoms with E-state index in [1.807, 2.05) is 13.0 Å². The summed E-state index contributed by atoms with van der Waals surface area (Å²) in [6, 6.07) is 9.53. The van der Waals surface area contributed by atoms with E-state index in [1.54, 1.807) is 24.3 Å². The number of urea groups is 1. The minimum atomic E-state index is -0.714. The molecule has 1 fully saturated rings. The molecule has 172 valence electrons. The van der Waals surface area contributed by atoms with E-state index in [0.717, 1.165) is 10.5 Å². The highest BCUT2D eigenvalue weighted by molar-refractivity contribution is 9.10. The van der Waals surface area contributed by atoms with Gasteiger partial charge in [-0.15, -0.1) is 0 Å². The minimum Gasteiger partial charge on any atom is -0.479 e. The molecule has 0 saturated carbocycles. The Hall–Kier alpha value is -3.37. The number of nitrogens with zero attached hydrogens (tertiary/aromatic N) is 1. The van der Waals surface area contributed by atoms with Gasteiger partial charge in [0, 0.05) is 5.69 Å². The second-order valence-electron chi connectivity index (χ2n) is 6.98. The van der Waals surface area contributed by atoms with Crippen molar-refractivity contribution in [3.05, 3.63) is 62.7 Å². The van der Waals surface area contributed by atoms with Crippen LogP contribution in [0.4, 0.5) is 10.5 Å². The van der Waals surface area contributed by atoms with Gasteiger partial charge < -0.3 is 20.1 Å². The number of ether oxygens (including phenoxy) is 2. The molecular formula is C22H19BrClN3O6. The van der Waals surface area contributed by atoms with Crippen molar-refractivity contribution in [2.45, 2.75) is 6.92 Å². The number of anilines is 1. The van der Waals surface area contributed by atoms with Crippen LogP contribution in [0.1, 0.15) is 11.1 Å². The lowest BCUT2D eigenvalue weighted by Gasteiger charge is -2.12. The lowest BCUT2D eigenvalue weighted by Crippen LogP contribution is -2.38. The molecule has 2 N–H and O–H groups in total. The Morgan fingerprint density at radius 2 is 2.00 bits per heavy atom. The molecule has 2 aromatic carbocycles. The maximum absolute atomic E-state index is 12.7. The number of benzene rings is 2. The van der Waals surface area contributed by atoms with Crippen LogP contribution in [0.3, 0.4) is 0 Å². The SMILES string of the molecule is COC(=O)COc1c(Cl)cc(/C=C2/NC(=O)N(CC(=O)Nc3cccc(C)c3)C2=O)cc1Br. The highest BCUT2D eigenvalue weighted by Gasteiger charge is 2.35. The summed E-state index contributed by atoms with van der Waals surface area (Å²) >= 11 is 9.53.